The number of nitrogens with one attached hydrogen (secondary N) is 1. The average Bonchev–Trinajstić information content (AvgIpc) is 2.82. The quantitative estimate of drug-likeness (QED) is 0.325. The zero-order valence-electron chi connectivity index (χ0n) is 18.2. The lowest BCUT2D eigenvalue weighted by atomic mass is 10.0. The summed E-state index contributed by atoms with van der Waals surface area (Å²) in [6, 6.07) is 16.5. The molecule has 1 heterocycles. The summed E-state index contributed by atoms with van der Waals surface area (Å²) in [6.07, 6.45) is 2.95. The first-order chi connectivity index (χ1) is 15.8. The van der Waals surface area contributed by atoms with Gasteiger partial charge in [0.2, 0.25) is 5.91 Å². The average molecular weight is 452 g/mol. The van der Waals surface area contributed by atoms with Crippen LogP contribution in [-0.2, 0) is 16.0 Å². The smallest absolute Gasteiger partial charge is 0.326 e. The summed E-state index contributed by atoms with van der Waals surface area (Å²) in [5.74, 6) is -1.97. The number of fused-ring (bicyclic) bond motifs is 1. The molecule has 0 bridgehead atoms. The zero-order valence-corrected chi connectivity index (χ0v) is 18.2. The number of nitrogens with two attached hydrogens (primary N) is 3. The molecule has 0 aliphatic rings. The second kappa shape index (κ2) is 12.9. The predicted octanol–water partition coefficient (Wildman–Crippen LogP) is 1.20. The molecule has 2 atom stereocenters. The second-order valence-corrected chi connectivity index (χ2v) is 7.37. The Balaban J connectivity index is 0.000000254. The molecule has 0 radical (unpaired) electrons. The number of carboxylic acids is 1. The lowest BCUT2D eigenvalue weighted by molar-refractivity contribution is -0.142. The summed E-state index contributed by atoms with van der Waals surface area (Å²) in [7, 11) is 0. The maximum Gasteiger partial charge on any atom is 0.326 e. The van der Waals surface area contributed by atoms with Gasteiger partial charge in [0.1, 0.15) is 6.04 Å². The monoisotopic (exact) mass is 451 g/mol. The molecular formula is C24H29N5O4. The van der Waals surface area contributed by atoms with Crippen LogP contribution in [0.5, 0.6) is 0 Å². The van der Waals surface area contributed by atoms with Crippen LogP contribution >= 0.6 is 0 Å². The number of aliphatic carboxylic acids is 1. The molecule has 1 aromatic heterocycles. The summed E-state index contributed by atoms with van der Waals surface area (Å²) in [6.45, 7) is 0.452. The topological polar surface area (TPSA) is 174 Å². The summed E-state index contributed by atoms with van der Waals surface area (Å²) < 4.78 is 0. The van der Waals surface area contributed by atoms with E-state index in [-0.39, 0.29) is 6.42 Å². The summed E-state index contributed by atoms with van der Waals surface area (Å²) in [5, 5.41) is 12.6. The van der Waals surface area contributed by atoms with Crippen LogP contribution in [0.3, 0.4) is 0 Å². The van der Waals surface area contributed by atoms with Crippen molar-refractivity contribution in [1.82, 2.24) is 10.3 Å². The van der Waals surface area contributed by atoms with Gasteiger partial charge in [-0.05, 0) is 37.1 Å². The number of nitrogens with zero attached hydrogens (tertiary/aromatic N) is 1. The standard InChI is InChI=1S/C14H21N3O3.C10H8N2O/c15-8-4-7-11(16)13(18)17-12(14(19)20)9-10-5-2-1-3-6-10;11-10(13)8-5-1-3-7-4-2-6-12-9(7)8/h1-3,5-6,11-12H,4,7-9,15-16H2,(H,17,18)(H,19,20);1-6H,(H2,11,13)/t11-,12-;/m1./s1. The fourth-order valence-corrected chi connectivity index (χ4v) is 3.10. The fraction of sp³-hybridized carbons (Fsp3) is 0.250. The van der Waals surface area contributed by atoms with Gasteiger partial charge in [0.05, 0.1) is 17.1 Å². The highest BCUT2D eigenvalue weighted by Gasteiger charge is 2.23. The van der Waals surface area contributed by atoms with E-state index in [0.29, 0.717) is 30.5 Å². The van der Waals surface area contributed by atoms with Gasteiger partial charge in [-0.25, -0.2) is 4.79 Å². The van der Waals surface area contributed by atoms with E-state index >= 15 is 0 Å². The minimum Gasteiger partial charge on any atom is -0.480 e. The van der Waals surface area contributed by atoms with Gasteiger partial charge in [-0.15, -0.1) is 0 Å². The summed E-state index contributed by atoms with van der Waals surface area (Å²) in [4.78, 5) is 38.1. The van der Waals surface area contributed by atoms with E-state index in [1.54, 1.807) is 18.3 Å². The largest absolute Gasteiger partial charge is 0.480 e. The van der Waals surface area contributed by atoms with Gasteiger partial charge in [0.15, 0.2) is 0 Å². The Labute approximate surface area is 192 Å². The Morgan fingerprint density at radius 3 is 2.33 bits per heavy atom. The predicted molar refractivity (Wildman–Crippen MR) is 126 cm³/mol. The SMILES string of the molecule is NC(=O)c1cccc2cccnc12.NCCC[C@@H](N)C(=O)N[C@H](Cc1ccccc1)C(=O)O. The van der Waals surface area contributed by atoms with Gasteiger partial charge in [-0.3, -0.25) is 14.6 Å². The van der Waals surface area contributed by atoms with Crippen LogP contribution in [0, 0.1) is 0 Å². The lowest BCUT2D eigenvalue weighted by Crippen LogP contribution is -2.49. The third-order valence-corrected chi connectivity index (χ3v) is 4.85. The highest BCUT2D eigenvalue weighted by atomic mass is 16.4. The van der Waals surface area contributed by atoms with Crippen LogP contribution in [0.15, 0.2) is 66.9 Å². The third-order valence-electron chi connectivity index (χ3n) is 4.85. The normalized spacial score (nSPS) is 12.2. The Morgan fingerprint density at radius 2 is 1.70 bits per heavy atom. The summed E-state index contributed by atoms with van der Waals surface area (Å²) in [5.41, 5.74) is 18.2. The van der Waals surface area contributed by atoms with Crippen LogP contribution < -0.4 is 22.5 Å². The number of aromatic nitrogens is 1. The van der Waals surface area contributed by atoms with E-state index in [0.717, 1.165) is 10.9 Å². The third kappa shape index (κ3) is 7.99. The number of benzene rings is 2. The maximum absolute atomic E-state index is 11.8. The van der Waals surface area contributed by atoms with Gasteiger partial charge < -0.3 is 27.6 Å². The maximum atomic E-state index is 11.8. The van der Waals surface area contributed by atoms with Gasteiger partial charge in [0, 0.05) is 18.0 Å². The van der Waals surface area contributed by atoms with E-state index in [1.807, 2.05) is 48.5 Å². The van der Waals surface area contributed by atoms with Crippen molar-refractivity contribution in [1.29, 1.82) is 0 Å². The van der Waals surface area contributed by atoms with Crippen molar-refractivity contribution in [2.75, 3.05) is 6.54 Å². The highest BCUT2D eigenvalue weighted by Crippen LogP contribution is 2.14. The number of carbonyl (C=O) groups is 3. The van der Waals surface area contributed by atoms with E-state index in [1.165, 1.54) is 0 Å². The van der Waals surface area contributed by atoms with Crippen molar-refractivity contribution in [2.24, 2.45) is 17.2 Å². The molecule has 0 aliphatic heterocycles. The minimum absolute atomic E-state index is 0.228. The van der Waals surface area contributed by atoms with Crippen LogP contribution in [-0.4, -0.2) is 46.5 Å². The van der Waals surface area contributed by atoms with Crippen LogP contribution in [0.4, 0.5) is 0 Å². The van der Waals surface area contributed by atoms with E-state index < -0.39 is 29.9 Å². The number of para-hydroxylation sites is 1. The minimum atomic E-state index is -1.08. The Kier molecular flexibility index (Phi) is 9.94. The lowest BCUT2D eigenvalue weighted by Gasteiger charge is -2.17. The van der Waals surface area contributed by atoms with Gasteiger partial charge >= 0.3 is 5.97 Å². The molecule has 33 heavy (non-hydrogen) atoms. The van der Waals surface area contributed by atoms with Crippen LogP contribution in [0.25, 0.3) is 10.9 Å². The molecule has 0 unspecified atom stereocenters. The Bertz CT molecular complexity index is 1070. The highest BCUT2D eigenvalue weighted by molar-refractivity contribution is 6.04. The molecule has 0 saturated carbocycles. The molecule has 174 valence electrons. The van der Waals surface area contributed by atoms with Crippen molar-refractivity contribution in [3.63, 3.8) is 0 Å². The number of carboxylic acid groups (broad SMARTS) is 1. The Hall–Kier alpha value is -3.82. The molecule has 2 amide bonds. The van der Waals surface area contributed by atoms with E-state index in [9.17, 15) is 14.4 Å². The zero-order chi connectivity index (χ0) is 24.2. The van der Waals surface area contributed by atoms with Gasteiger partial charge in [0.25, 0.3) is 5.91 Å². The molecule has 9 nitrogen and oxygen atoms in total. The van der Waals surface area contributed by atoms with E-state index in [4.69, 9.17) is 22.3 Å². The molecule has 0 saturated heterocycles. The first kappa shape index (κ1) is 25.4. The number of rotatable bonds is 9. The van der Waals surface area contributed by atoms with Gasteiger partial charge in [-0.2, -0.15) is 0 Å². The molecule has 3 rings (SSSR count). The van der Waals surface area contributed by atoms with Crippen molar-refractivity contribution >= 4 is 28.7 Å². The number of amides is 2. The van der Waals surface area contributed by atoms with E-state index in [2.05, 4.69) is 10.3 Å². The number of hydrogen-bond donors (Lipinski definition) is 5. The number of primary amides is 1. The second-order valence-electron chi connectivity index (χ2n) is 7.37. The first-order valence-corrected chi connectivity index (χ1v) is 10.5. The molecule has 3 aromatic rings. The molecule has 0 fully saturated rings. The van der Waals surface area contributed by atoms with Crippen molar-refractivity contribution in [3.05, 3.63) is 78.0 Å². The Morgan fingerprint density at radius 1 is 1.00 bits per heavy atom. The molecular weight excluding hydrogens is 422 g/mol. The molecule has 0 spiro atoms. The van der Waals surface area contributed by atoms with Crippen LogP contribution in [0.1, 0.15) is 28.8 Å². The fourth-order valence-electron chi connectivity index (χ4n) is 3.10. The summed E-state index contributed by atoms with van der Waals surface area (Å²) >= 11 is 0. The number of carbonyl (C=O) groups excluding carboxylic acids is 2. The van der Waals surface area contributed by atoms with Gasteiger partial charge in [-0.1, -0.05) is 48.5 Å². The molecule has 2 aromatic carbocycles. The van der Waals surface area contributed by atoms with Crippen molar-refractivity contribution in [2.45, 2.75) is 31.3 Å². The van der Waals surface area contributed by atoms with Crippen LogP contribution in [0.2, 0.25) is 0 Å². The number of hydrogen-bond acceptors (Lipinski definition) is 6. The van der Waals surface area contributed by atoms with Crippen molar-refractivity contribution in [3.8, 4) is 0 Å². The first-order valence-electron chi connectivity index (χ1n) is 10.5. The molecule has 0 aliphatic carbocycles. The molecule has 9 heteroatoms. The molecule has 8 N–H and O–H groups in total. The number of pyridine rings is 1. The van der Waals surface area contributed by atoms with Crippen molar-refractivity contribution < 1.29 is 19.5 Å².